The molecule has 0 aliphatic heterocycles. The maximum atomic E-state index is 11.0. The van der Waals surface area contributed by atoms with E-state index >= 15 is 0 Å². The van der Waals surface area contributed by atoms with Crippen LogP contribution in [0.15, 0.2) is 29.3 Å². The molecular weight excluding hydrogens is 354 g/mol. The first-order chi connectivity index (χ1) is 12.4. The van der Waals surface area contributed by atoms with Gasteiger partial charge in [0.25, 0.3) is 0 Å². The molecular formula is C18H31N3O4S. The van der Waals surface area contributed by atoms with Crippen LogP contribution in [0, 0.1) is 0 Å². The van der Waals surface area contributed by atoms with E-state index in [1.165, 1.54) is 11.8 Å². The lowest BCUT2D eigenvalue weighted by atomic mass is 9.98. The first kappa shape index (κ1) is 22.2. The highest BCUT2D eigenvalue weighted by atomic mass is 32.2. The van der Waals surface area contributed by atoms with E-state index in [-0.39, 0.29) is 12.4 Å². The van der Waals surface area contributed by atoms with E-state index in [0.717, 1.165) is 18.7 Å². The van der Waals surface area contributed by atoms with Crippen LogP contribution in [-0.4, -0.2) is 66.8 Å². The van der Waals surface area contributed by atoms with Gasteiger partial charge in [-0.1, -0.05) is 19.1 Å². The highest BCUT2D eigenvalue weighted by Gasteiger charge is 2.06. The van der Waals surface area contributed by atoms with Crippen LogP contribution in [0.4, 0.5) is 0 Å². The molecule has 0 aliphatic rings. The van der Waals surface area contributed by atoms with E-state index < -0.39 is 9.84 Å². The monoisotopic (exact) mass is 385 g/mol. The minimum atomic E-state index is -2.97. The average molecular weight is 386 g/mol. The maximum Gasteiger partial charge on any atom is 0.191 e. The van der Waals surface area contributed by atoms with Crippen molar-refractivity contribution in [3.05, 3.63) is 29.8 Å². The molecule has 26 heavy (non-hydrogen) atoms. The van der Waals surface area contributed by atoms with Gasteiger partial charge in [0.2, 0.25) is 0 Å². The fraction of sp³-hybridized carbons (Fsp3) is 0.611. The highest BCUT2D eigenvalue weighted by molar-refractivity contribution is 7.90. The number of methoxy groups -OCH3 is 1. The van der Waals surface area contributed by atoms with Crippen LogP contribution in [0.25, 0.3) is 0 Å². The third-order valence-corrected chi connectivity index (χ3v) is 4.82. The largest absolute Gasteiger partial charge is 0.497 e. The van der Waals surface area contributed by atoms with Gasteiger partial charge in [0, 0.05) is 26.4 Å². The molecule has 0 saturated carbocycles. The summed E-state index contributed by atoms with van der Waals surface area (Å²) in [7, 11) is 0.412. The van der Waals surface area contributed by atoms with E-state index in [2.05, 4.69) is 34.7 Å². The van der Waals surface area contributed by atoms with E-state index in [1.807, 2.05) is 12.1 Å². The zero-order chi connectivity index (χ0) is 19.4. The molecule has 1 aromatic rings. The van der Waals surface area contributed by atoms with Crippen molar-refractivity contribution in [1.82, 2.24) is 10.6 Å². The van der Waals surface area contributed by atoms with Gasteiger partial charge >= 0.3 is 0 Å². The summed E-state index contributed by atoms with van der Waals surface area (Å²) in [6, 6.07) is 8.13. The second-order valence-corrected chi connectivity index (χ2v) is 8.39. The molecule has 0 spiro atoms. The smallest absolute Gasteiger partial charge is 0.191 e. The van der Waals surface area contributed by atoms with Gasteiger partial charge in [-0.05, 0) is 30.0 Å². The summed E-state index contributed by atoms with van der Waals surface area (Å²) in [5.74, 6) is 2.04. The Balaban J connectivity index is 2.21. The lowest BCUT2D eigenvalue weighted by molar-refractivity contribution is 0.154. The fourth-order valence-corrected chi connectivity index (χ4v) is 2.70. The van der Waals surface area contributed by atoms with E-state index in [4.69, 9.17) is 9.47 Å². The number of nitrogens with zero attached hydrogens (tertiary/aromatic N) is 1. The molecule has 1 rings (SSSR count). The lowest BCUT2D eigenvalue weighted by Crippen LogP contribution is -2.39. The molecule has 0 aliphatic carbocycles. The third-order valence-electron chi connectivity index (χ3n) is 3.92. The number of aliphatic imine (C=N–C) groups is 1. The molecule has 0 saturated heterocycles. The molecule has 148 valence electrons. The standard InChI is InChI=1S/C18H31N3O4S/c1-15(16-5-7-17(24-3)8-6-16)9-10-20-18(19-2)21-11-12-25-13-14-26(4,22)23/h5-8,15H,9-14H2,1-4H3,(H2,19,20,21). The van der Waals surface area contributed by atoms with Crippen molar-refractivity contribution in [2.75, 3.05) is 52.5 Å². The Morgan fingerprint density at radius 3 is 2.38 bits per heavy atom. The number of hydrogen-bond acceptors (Lipinski definition) is 5. The predicted molar refractivity (Wildman–Crippen MR) is 106 cm³/mol. The number of guanidine groups is 1. The summed E-state index contributed by atoms with van der Waals surface area (Å²) in [5.41, 5.74) is 1.27. The van der Waals surface area contributed by atoms with Crippen molar-refractivity contribution < 1.29 is 17.9 Å². The quantitative estimate of drug-likeness (QED) is 0.340. The second kappa shape index (κ2) is 11.7. The van der Waals surface area contributed by atoms with Gasteiger partial charge in [0.15, 0.2) is 5.96 Å². The molecule has 1 aromatic carbocycles. The first-order valence-electron chi connectivity index (χ1n) is 8.69. The van der Waals surface area contributed by atoms with Gasteiger partial charge < -0.3 is 20.1 Å². The summed E-state index contributed by atoms with van der Waals surface area (Å²) >= 11 is 0. The Morgan fingerprint density at radius 1 is 1.15 bits per heavy atom. The molecule has 0 fully saturated rings. The summed E-state index contributed by atoms with van der Waals surface area (Å²) in [6.45, 7) is 4.19. The van der Waals surface area contributed by atoms with Gasteiger partial charge in [-0.25, -0.2) is 8.42 Å². The highest BCUT2D eigenvalue weighted by Crippen LogP contribution is 2.21. The number of ether oxygens (including phenoxy) is 2. The summed E-state index contributed by atoms with van der Waals surface area (Å²) in [5, 5.41) is 6.41. The van der Waals surface area contributed by atoms with Gasteiger partial charge in [-0.3, -0.25) is 4.99 Å². The van der Waals surface area contributed by atoms with Crippen molar-refractivity contribution in [2.45, 2.75) is 19.3 Å². The Labute approximate surface area is 157 Å². The molecule has 7 nitrogen and oxygen atoms in total. The fourth-order valence-electron chi connectivity index (χ4n) is 2.28. The molecule has 0 bridgehead atoms. The summed E-state index contributed by atoms with van der Waals surface area (Å²) in [6.07, 6.45) is 2.17. The molecule has 0 radical (unpaired) electrons. The molecule has 1 atom stereocenters. The van der Waals surface area contributed by atoms with Crippen LogP contribution in [0.2, 0.25) is 0 Å². The topological polar surface area (TPSA) is 89.0 Å². The van der Waals surface area contributed by atoms with Crippen LogP contribution in [0.1, 0.15) is 24.8 Å². The van der Waals surface area contributed by atoms with Crippen molar-refractivity contribution >= 4 is 15.8 Å². The third kappa shape index (κ3) is 9.62. The molecule has 0 heterocycles. The van der Waals surface area contributed by atoms with Gasteiger partial charge in [-0.15, -0.1) is 0 Å². The predicted octanol–water partition coefficient (Wildman–Crippen LogP) is 1.42. The zero-order valence-electron chi connectivity index (χ0n) is 16.1. The number of benzene rings is 1. The zero-order valence-corrected chi connectivity index (χ0v) is 16.9. The van der Waals surface area contributed by atoms with Crippen LogP contribution >= 0.6 is 0 Å². The van der Waals surface area contributed by atoms with E-state index in [1.54, 1.807) is 14.2 Å². The van der Waals surface area contributed by atoms with Crippen LogP contribution in [-0.2, 0) is 14.6 Å². The lowest BCUT2D eigenvalue weighted by Gasteiger charge is -2.15. The Bertz CT molecular complexity index is 645. The molecule has 1 unspecified atom stereocenters. The van der Waals surface area contributed by atoms with Crippen molar-refractivity contribution in [2.24, 2.45) is 4.99 Å². The number of hydrogen-bond donors (Lipinski definition) is 2. The number of nitrogens with one attached hydrogen (secondary N) is 2. The van der Waals surface area contributed by atoms with Crippen molar-refractivity contribution in [3.8, 4) is 5.75 Å². The first-order valence-corrected chi connectivity index (χ1v) is 10.8. The molecule has 8 heteroatoms. The van der Waals surface area contributed by atoms with Gasteiger partial charge in [0.1, 0.15) is 15.6 Å². The summed E-state index contributed by atoms with van der Waals surface area (Å²) < 4.78 is 32.5. The minimum absolute atomic E-state index is 0.0449. The minimum Gasteiger partial charge on any atom is -0.497 e. The van der Waals surface area contributed by atoms with Crippen LogP contribution in [0.5, 0.6) is 5.75 Å². The maximum absolute atomic E-state index is 11.0. The van der Waals surface area contributed by atoms with Crippen LogP contribution < -0.4 is 15.4 Å². The number of rotatable bonds is 11. The van der Waals surface area contributed by atoms with Crippen molar-refractivity contribution in [3.63, 3.8) is 0 Å². The van der Waals surface area contributed by atoms with Gasteiger partial charge in [-0.2, -0.15) is 0 Å². The average Bonchev–Trinajstić information content (AvgIpc) is 2.62. The number of sulfone groups is 1. The van der Waals surface area contributed by atoms with E-state index in [9.17, 15) is 8.42 Å². The molecule has 0 aromatic heterocycles. The normalized spacial score (nSPS) is 13.3. The Morgan fingerprint density at radius 2 is 1.81 bits per heavy atom. The summed E-state index contributed by atoms with van der Waals surface area (Å²) in [4.78, 5) is 4.16. The van der Waals surface area contributed by atoms with Gasteiger partial charge in [0.05, 0.1) is 26.1 Å². The van der Waals surface area contributed by atoms with Crippen LogP contribution in [0.3, 0.4) is 0 Å². The molecule has 2 N–H and O–H groups in total. The molecule has 0 amide bonds. The Hall–Kier alpha value is -1.80. The second-order valence-electron chi connectivity index (χ2n) is 6.13. The SMILES string of the molecule is CN=C(NCCOCCS(C)(=O)=O)NCCC(C)c1ccc(OC)cc1. The van der Waals surface area contributed by atoms with E-state index in [0.29, 0.717) is 25.0 Å². The van der Waals surface area contributed by atoms with Crippen molar-refractivity contribution in [1.29, 1.82) is 0 Å². The Kier molecular flexibility index (Phi) is 10.0.